The molecule has 3 aromatic carbocycles. The summed E-state index contributed by atoms with van der Waals surface area (Å²) in [4.78, 5) is 25.5. The zero-order chi connectivity index (χ0) is 23.1. The summed E-state index contributed by atoms with van der Waals surface area (Å²) in [5.74, 6) is 1.42. The van der Waals surface area contributed by atoms with Gasteiger partial charge in [0.05, 0.1) is 28.4 Å². The summed E-state index contributed by atoms with van der Waals surface area (Å²) in [6, 6.07) is 16.5. The van der Waals surface area contributed by atoms with Crippen LogP contribution in [0, 0.1) is 0 Å². The third kappa shape index (κ3) is 5.48. The average Bonchev–Trinajstić information content (AvgIpc) is 2.83. The third-order valence-corrected chi connectivity index (χ3v) is 4.61. The van der Waals surface area contributed by atoms with E-state index in [1.165, 1.54) is 34.5 Å². The zero-order valence-electron chi connectivity index (χ0n) is 18.2. The summed E-state index contributed by atoms with van der Waals surface area (Å²) in [5.41, 5.74) is 1.65. The fourth-order valence-electron chi connectivity index (χ4n) is 2.97. The molecule has 0 aliphatic carbocycles. The van der Waals surface area contributed by atoms with Crippen LogP contribution in [0.4, 0.5) is 11.4 Å². The highest BCUT2D eigenvalue weighted by atomic mass is 16.5. The maximum absolute atomic E-state index is 12.8. The molecule has 3 rings (SSSR count). The second-order valence-corrected chi connectivity index (χ2v) is 6.69. The van der Waals surface area contributed by atoms with Gasteiger partial charge in [-0.05, 0) is 18.2 Å². The van der Waals surface area contributed by atoms with Crippen molar-refractivity contribution in [2.24, 2.45) is 0 Å². The van der Waals surface area contributed by atoms with Crippen LogP contribution in [0.1, 0.15) is 20.7 Å². The lowest BCUT2D eigenvalue weighted by Gasteiger charge is -2.11. The van der Waals surface area contributed by atoms with Crippen LogP contribution in [0.15, 0.2) is 60.7 Å². The Kier molecular flexibility index (Phi) is 7.17. The fourth-order valence-corrected chi connectivity index (χ4v) is 2.97. The third-order valence-electron chi connectivity index (χ3n) is 4.61. The molecule has 0 saturated heterocycles. The summed E-state index contributed by atoms with van der Waals surface area (Å²) in [6.07, 6.45) is 0. The van der Waals surface area contributed by atoms with Crippen molar-refractivity contribution in [1.29, 1.82) is 0 Å². The van der Waals surface area contributed by atoms with Crippen LogP contribution in [-0.2, 0) is 0 Å². The van der Waals surface area contributed by atoms with Gasteiger partial charge in [0.15, 0.2) is 0 Å². The molecular weight excluding hydrogens is 412 g/mol. The number of amides is 2. The Balaban J connectivity index is 1.78. The molecule has 166 valence electrons. The zero-order valence-corrected chi connectivity index (χ0v) is 18.2. The molecule has 0 fully saturated rings. The van der Waals surface area contributed by atoms with Crippen LogP contribution in [0.25, 0.3) is 0 Å². The first-order valence-corrected chi connectivity index (χ1v) is 9.64. The predicted molar refractivity (Wildman–Crippen MR) is 121 cm³/mol. The number of carbonyl (C=O) groups excluding carboxylic acids is 2. The molecule has 0 heterocycles. The van der Waals surface area contributed by atoms with Gasteiger partial charge >= 0.3 is 0 Å². The average molecular weight is 436 g/mol. The number of benzene rings is 3. The van der Waals surface area contributed by atoms with Crippen LogP contribution in [0.3, 0.4) is 0 Å². The normalized spacial score (nSPS) is 10.1. The van der Waals surface area contributed by atoms with E-state index in [1.807, 2.05) is 0 Å². The lowest BCUT2D eigenvalue weighted by atomic mass is 10.1. The topological polar surface area (TPSA) is 95.1 Å². The number of hydrogen-bond acceptors (Lipinski definition) is 6. The van der Waals surface area contributed by atoms with Gasteiger partial charge in [-0.2, -0.15) is 0 Å². The van der Waals surface area contributed by atoms with Gasteiger partial charge in [-0.1, -0.05) is 6.07 Å². The molecule has 0 aliphatic heterocycles. The molecule has 32 heavy (non-hydrogen) atoms. The molecular formula is C24H24N2O6. The van der Waals surface area contributed by atoms with Gasteiger partial charge in [0.25, 0.3) is 11.8 Å². The van der Waals surface area contributed by atoms with Crippen molar-refractivity contribution in [2.75, 3.05) is 39.1 Å². The minimum Gasteiger partial charge on any atom is -0.497 e. The summed E-state index contributed by atoms with van der Waals surface area (Å²) in [7, 11) is 6.11. The van der Waals surface area contributed by atoms with Gasteiger partial charge in [0.2, 0.25) is 0 Å². The second-order valence-electron chi connectivity index (χ2n) is 6.69. The second kappa shape index (κ2) is 10.2. The minimum absolute atomic E-state index is 0.322. The van der Waals surface area contributed by atoms with E-state index in [1.54, 1.807) is 54.6 Å². The van der Waals surface area contributed by atoms with Crippen molar-refractivity contribution in [2.45, 2.75) is 0 Å². The molecule has 0 bridgehead atoms. The Hall–Kier alpha value is -4.20. The van der Waals surface area contributed by atoms with E-state index in [-0.39, 0.29) is 11.8 Å². The van der Waals surface area contributed by atoms with Crippen LogP contribution >= 0.6 is 0 Å². The van der Waals surface area contributed by atoms with Crippen molar-refractivity contribution < 1.29 is 28.5 Å². The molecule has 3 aromatic rings. The molecule has 0 aliphatic rings. The smallest absolute Gasteiger partial charge is 0.255 e. The van der Waals surface area contributed by atoms with Gasteiger partial charge in [0, 0.05) is 58.9 Å². The SMILES string of the molecule is COc1cc(NC(=O)c2cccc(C(=O)Nc3cc(OC)cc(OC)c3)c2)cc(OC)c1. The molecule has 2 N–H and O–H groups in total. The number of ether oxygens (including phenoxy) is 4. The monoisotopic (exact) mass is 436 g/mol. The van der Waals surface area contributed by atoms with Crippen LogP contribution in [0.5, 0.6) is 23.0 Å². The molecule has 0 atom stereocenters. The molecule has 0 saturated carbocycles. The summed E-state index contributed by atoms with van der Waals surface area (Å²) in [6.45, 7) is 0. The van der Waals surface area contributed by atoms with E-state index in [9.17, 15) is 9.59 Å². The van der Waals surface area contributed by atoms with E-state index >= 15 is 0 Å². The highest BCUT2D eigenvalue weighted by molar-refractivity contribution is 6.08. The van der Waals surface area contributed by atoms with E-state index in [0.29, 0.717) is 45.5 Å². The molecule has 0 radical (unpaired) electrons. The van der Waals surface area contributed by atoms with Gasteiger partial charge < -0.3 is 29.6 Å². The van der Waals surface area contributed by atoms with E-state index in [4.69, 9.17) is 18.9 Å². The number of carbonyl (C=O) groups is 2. The van der Waals surface area contributed by atoms with Crippen molar-refractivity contribution in [3.05, 3.63) is 71.8 Å². The first-order valence-electron chi connectivity index (χ1n) is 9.64. The number of nitrogens with one attached hydrogen (secondary N) is 2. The Bertz CT molecular complexity index is 1000. The summed E-state index contributed by atoms with van der Waals surface area (Å²) >= 11 is 0. The lowest BCUT2D eigenvalue weighted by molar-refractivity contribution is 0.102. The Labute approximate surface area is 186 Å². The Morgan fingerprint density at radius 2 is 0.906 bits per heavy atom. The van der Waals surface area contributed by atoms with Crippen LogP contribution < -0.4 is 29.6 Å². The predicted octanol–water partition coefficient (Wildman–Crippen LogP) is 4.23. The number of rotatable bonds is 8. The Morgan fingerprint density at radius 3 is 1.22 bits per heavy atom. The number of hydrogen-bond donors (Lipinski definition) is 2. The quantitative estimate of drug-likeness (QED) is 0.549. The standard InChI is InChI=1S/C24H24N2O6/c1-29-19-9-17(10-20(13-19)30-2)25-23(27)15-6-5-7-16(8-15)24(28)26-18-11-21(31-3)14-22(12-18)32-4/h5-14H,1-4H3,(H,25,27)(H,26,28). The lowest BCUT2D eigenvalue weighted by Crippen LogP contribution is -2.15. The van der Waals surface area contributed by atoms with Gasteiger partial charge in [-0.15, -0.1) is 0 Å². The maximum Gasteiger partial charge on any atom is 0.255 e. The van der Waals surface area contributed by atoms with Gasteiger partial charge in [-0.3, -0.25) is 9.59 Å². The van der Waals surface area contributed by atoms with E-state index in [0.717, 1.165) is 0 Å². The molecule has 8 heteroatoms. The molecule has 0 aromatic heterocycles. The van der Waals surface area contributed by atoms with Crippen molar-refractivity contribution in [1.82, 2.24) is 0 Å². The maximum atomic E-state index is 12.8. The number of methoxy groups -OCH3 is 4. The van der Waals surface area contributed by atoms with Crippen LogP contribution in [-0.4, -0.2) is 40.3 Å². The highest BCUT2D eigenvalue weighted by Crippen LogP contribution is 2.27. The molecule has 0 unspecified atom stereocenters. The van der Waals surface area contributed by atoms with Crippen molar-refractivity contribution in [3.8, 4) is 23.0 Å². The minimum atomic E-state index is -0.377. The number of anilines is 2. The van der Waals surface area contributed by atoms with E-state index < -0.39 is 0 Å². The highest BCUT2D eigenvalue weighted by Gasteiger charge is 2.13. The fraction of sp³-hybridized carbons (Fsp3) is 0.167. The van der Waals surface area contributed by atoms with Crippen molar-refractivity contribution >= 4 is 23.2 Å². The van der Waals surface area contributed by atoms with Gasteiger partial charge in [-0.25, -0.2) is 0 Å². The summed E-state index contributed by atoms with van der Waals surface area (Å²) in [5, 5.41) is 5.58. The largest absolute Gasteiger partial charge is 0.497 e. The van der Waals surface area contributed by atoms with E-state index in [2.05, 4.69) is 10.6 Å². The van der Waals surface area contributed by atoms with Gasteiger partial charge in [0.1, 0.15) is 23.0 Å². The molecule has 0 spiro atoms. The molecule has 2 amide bonds. The summed E-state index contributed by atoms with van der Waals surface area (Å²) < 4.78 is 20.9. The Morgan fingerprint density at radius 1 is 0.562 bits per heavy atom. The van der Waals surface area contributed by atoms with Crippen LogP contribution in [0.2, 0.25) is 0 Å². The molecule has 8 nitrogen and oxygen atoms in total. The first kappa shape index (κ1) is 22.5. The first-order chi connectivity index (χ1) is 15.4. The van der Waals surface area contributed by atoms with Crippen molar-refractivity contribution in [3.63, 3.8) is 0 Å².